The lowest BCUT2D eigenvalue weighted by Gasteiger charge is -2.23. The molecule has 1 amide bonds. The fourth-order valence-corrected chi connectivity index (χ4v) is 4.63. The van der Waals surface area contributed by atoms with Crippen molar-refractivity contribution >= 4 is 41.1 Å². The number of aromatic nitrogens is 1. The van der Waals surface area contributed by atoms with Crippen LogP contribution in [0.3, 0.4) is 0 Å². The molecule has 0 atom stereocenters. The first-order valence-electron chi connectivity index (χ1n) is 13.1. The van der Waals surface area contributed by atoms with Crippen molar-refractivity contribution in [2.75, 3.05) is 11.4 Å². The molecule has 11 nitrogen and oxygen atoms in total. The number of aliphatic hydroxyl groups is 1. The van der Waals surface area contributed by atoms with Crippen molar-refractivity contribution in [1.29, 1.82) is 0 Å². The van der Waals surface area contributed by atoms with Gasteiger partial charge >= 0.3 is 17.9 Å². The maximum atomic E-state index is 12.0. The summed E-state index contributed by atoms with van der Waals surface area (Å²) < 4.78 is 0. The summed E-state index contributed by atoms with van der Waals surface area (Å²) in [5.74, 6) is -4.80. The molecule has 4 rings (SSSR count). The van der Waals surface area contributed by atoms with E-state index in [4.69, 9.17) is 32.0 Å². The number of carbonyl (C=O) groups excluding carboxylic acids is 1. The summed E-state index contributed by atoms with van der Waals surface area (Å²) in [6, 6.07) is 22.3. The second-order valence-electron chi connectivity index (χ2n) is 9.85. The van der Waals surface area contributed by atoms with Gasteiger partial charge in [0.25, 0.3) is 0 Å². The first-order valence-corrected chi connectivity index (χ1v) is 13.5. The van der Waals surface area contributed by atoms with Gasteiger partial charge in [-0.25, -0.2) is 4.79 Å². The molecule has 0 saturated carbocycles. The lowest BCUT2D eigenvalue weighted by molar-refractivity contribution is -0.170. The molecule has 0 bridgehead atoms. The second-order valence-corrected chi connectivity index (χ2v) is 10.3. The Bertz CT molecular complexity index is 1370. The summed E-state index contributed by atoms with van der Waals surface area (Å²) in [5, 5.41) is 34.6. The Hall–Kier alpha value is -4.32. The summed E-state index contributed by atoms with van der Waals surface area (Å²) >= 11 is 6.40. The first kappa shape index (κ1) is 32.2. The smallest absolute Gasteiger partial charge is 0.336 e. The molecule has 0 unspecified atom stereocenters. The van der Waals surface area contributed by atoms with Crippen molar-refractivity contribution in [3.63, 3.8) is 0 Å². The Kier molecular flexibility index (Phi) is 11.5. The number of benzene rings is 2. The number of rotatable bonds is 12. The fourth-order valence-electron chi connectivity index (χ4n) is 4.43. The minimum Gasteiger partial charge on any atom is -0.481 e. The van der Waals surface area contributed by atoms with Crippen molar-refractivity contribution in [2.24, 2.45) is 0 Å². The van der Waals surface area contributed by atoms with Gasteiger partial charge in [0.15, 0.2) is 5.60 Å². The van der Waals surface area contributed by atoms with Crippen molar-refractivity contribution in [1.82, 2.24) is 9.88 Å². The van der Waals surface area contributed by atoms with Crippen molar-refractivity contribution < 1.29 is 39.6 Å². The Labute approximate surface area is 247 Å². The third-order valence-electron chi connectivity index (χ3n) is 6.48. The molecule has 222 valence electrons. The molecule has 0 aliphatic carbocycles. The van der Waals surface area contributed by atoms with Gasteiger partial charge in [0.2, 0.25) is 5.91 Å². The number of pyridine rings is 1. The summed E-state index contributed by atoms with van der Waals surface area (Å²) in [6.45, 7) is 3.06. The number of carbonyl (C=O) groups is 4. The average molecular weight is 598 g/mol. The van der Waals surface area contributed by atoms with E-state index in [1.54, 1.807) is 0 Å². The van der Waals surface area contributed by atoms with Crippen LogP contribution in [0, 0.1) is 0 Å². The Morgan fingerprint density at radius 3 is 2.05 bits per heavy atom. The molecular formula is C30H32ClN3O8. The van der Waals surface area contributed by atoms with Crippen LogP contribution in [0.2, 0.25) is 5.02 Å². The number of halogens is 1. The van der Waals surface area contributed by atoms with Crippen molar-refractivity contribution in [3.8, 4) is 0 Å². The highest BCUT2D eigenvalue weighted by Gasteiger charge is 2.40. The molecule has 12 heteroatoms. The zero-order valence-electron chi connectivity index (χ0n) is 22.7. The Balaban J connectivity index is 0.000000316. The summed E-state index contributed by atoms with van der Waals surface area (Å²) in [5.41, 5.74) is 1.57. The molecule has 1 aliphatic heterocycles. The summed E-state index contributed by atoms with van der Waals surface area (Å²) in [4.78, 5) is 51.1. The van der Waals surface area contributed by atoms with Crippen LogP contribution in [-0.2, 0) is 38.8 Å². The van der Waals surface area contributed by atoms with Crippen LogP contribution in [0.15, 0.2) is 72.9 Å². The van der Waals surface area contributed by atoms with E-state index in [0.29, 0.717) is 6.42 Å². The number of nitrogens with zero attached hydrogens (tertiary/aromatic N) is 3. The third-order valence-corrected chi connectivity index (χ3v) is 6.85. The average Bonchev–Trinajstić information content (AvgIpc) is 3.36. The number of hydrogen-bond acceptors (Lipinski definition) is 7. The molecule has 2 aromatic carbocycles. The predicted octanol–water partition coefficient (Wildman–Crippen LogP) is 3.82. The number of carboxylic acid groups (broad SMARTS) is 3. The predicted molar refractivity (Wildman–Crippen MR) is 154 cm³/mol. The highest BCUT2D eigenvalue weighted by molar-refractivity contribution is 6.31. The van der Waals surface area contributed by atoms with E-state index in [2.05, 4.69) is 28.1 Å². The van der Waals surface area contributed by atoms with Gasteiger partial charge < -0.3 is 25.3 Å². The van der Waals surface area contributed by atoms with Gasteiger partial charge in [-0.05, 0) is 47.9 Å². The molecular weight excluding hydrogens is 566 g/mol. The van der Waals surface area contributed by atoms with Crippen LogP contribution in [0.5, 0.6) is 0 Å². The SMILES string of the molecule is O=C(O)CC(O)(CC(=O)O)C(=O)O.O=C1CCCN1c1ccc(CN(Cc2ccccn2)Cc2ccccc2Cl)cc1. The maximum Gasteiger partial charge on any atom is 0.336 e. The van der Waals surface area contributed by atoms with Crippen LogP contribution >= 0.6 is 11.6 Å². The van der Waals surface area contributed by atoms with Crippen LogP contribution < -0.4 is 4.90 Å². The standard InChI is InChI=1S/C24H24ClN3O.C6H8O7/c25-23-8-2-1-6-20(23)17-27(18-21-7-3-4-14-26-21)16-19-10-12-22(13-11-19)28-15-5-9-24(28)29;7-3(8)1-6(13,5(11)12)2-4(9)10/h1-4,6-8,10-14H,5,9,15-18H2;13H,1-2H2,(H,7,8)(H,9,10)(H,11,12). The van der Waals surface area contributed by atoms with Gasteiger partial charge in [0.1, 0.15) is 0 Å². The van der Waals surface area contributed by atoms with E-state index in [1.807, 2.05) is 59.6 Å². The van der Waals surface area contributed by atoms with E-state index in [1.165, 1.54) is 5.56 Å². The molecule has 0 radical (unpaired) electrons. The molecule has 3 aromatic rings. The first-order chi connectivity index (χ1) is 20.0. The van der Waals surface area contributed by atoms with Gasteiger partial charge in [0, 0.05) is 49.5 Å². The van der Waals surface area contributed by atoms with Gasteiger partial charge in [-0.1, -0.05) is 48.0 Å². The quantitative estimate of drug-likeness (QED) is 0.241. The Morgan fingerprint density at radius 2 is 1.52 bits per heavy atom. The summed E-state index contributed by atoms with van der Waals surface area (Å²) in [6.07, 6.45) is 1.13. The largest absolute Gasteiger partial charge is 0.481 e. The third kappa shape index (κ3) is 9.65. The lowest BCUT2D eigenvalue weighted by Crippen LogP contribution is -2.42. The molecule has 2 heterocycles. The van der Waals surface area contributed by atoms with Crippen LogP contribution in [-0.4, -0.2) is 66.3 Å². The summed E-state index contributed by atoms with van der Waals surface area (Å²) in [7, 11) is 0. The highest BCUT2D eigenvalue weighted by Crippen LogP contribution is 2.24. The normalized spacial score (nSPS) is 13.0. The number of carboxylic acids is 3. The van der Waals surface area contributed by atoms with Gasteiger partial charge in [-0.15, -0.1) is 0 Å². The minimum absolute atomic E-state index is 0.216. The number of amides is 1. The van der Waals surface area contributed by atoms with Crippen molar-refractivity contribution in [2.45, 2.75) is 50.9 Å². The van der Waals surface area contributed by atoms with Crippen LogP contribution in [0.4, 0.5) is 5.69 Å². The lowest BCUT2D eigenvalue weighted by atomic mass is 9.96. The molecule has 1 aliphatic rings. The zero-order chi connectivity index (χ0) is 30.7. The fraction of sp³-hybridized carbons (Fsp3) is 0.300. The molecule has 4 N–H and O–H groups in total. The highest BCUT2D eigenvalue weighted by atomic mass is 35.5. The van der Waals surface area contributed by atoms with E-state index in [0.717, 1.165) is 54.6 Å². The molecule has 1 aromatic heterocycles. The molecule has 1 saturated heterocycles. The zero-order valence-corrected chi connectivity index (χ0v) is 23.5. The van der Waals surface area contributed by atoms with E-state index in [-0.39, 0.29) is 5.91 Å². The van der Waals surface area contributed by atoms with E-state index < -0.39 is 36.4 Å². The molecule has 0 spiro atoms. The number of hydrogen-bond donors (Lipinski definition) is 4. The number of anilines is 1. The monoisotopic (exact) mass is 597 g/mol. The maximum absolute atomic E-state index is 12.0. The Morgan fingerprint density at radius 1 is 0.881 bits per heavy atom. The van der Waals surface area contributed by atoms with E-state index >= 15 is 0 Å². The molecule has 1 fully saturated rings. The second kappa shape index (κ2) is 15.1. The minimum atomic E-state index is -2.74. The van der Waals surface area contributed by atoms with Crippen LogP contribution in [0.25, 0.3) is 0 Å². The topological polar surface area (TPSA) is 169 Å². The van der Waals surface area contributed by atoms with Crippen molar-refractivity contribution in [3.05, 3.63) is 94.8 Å². The van der Waals surface area contributed by atoms with E-state index in [9.17, 15) is 19.2 Å². The van der Waals surface area contributed by atoms with Gasteiger partial charge in [-0.2, -0.15) is 0 Å². The van der Waals surface area contributed by atoms with Gasteiger partial charge in [0.05, 0.1) is 18.5 Å². The number of aliphatic carboxylic acids is 3. The van der Waals surface area contributed by atoms with Gasteiger partial charge in [-0.3, -0.25) is 24.3 Å². The van der Waals surface area contributed by atoms with Crippen LogP contribution in [0.1, 0.15) is 42.5 Å². The molecule has 42 heavy (non-hydrogen) atoms.